The number of ether oxygens (including phenoxy) is 3. The molecule has 1 aromatic rings. The molecule has 0 aromatic heterocycles. The van der Waals surface area contributed by atoms with Crippen LogP contribution in [-0.4, -0.2) is 74.8 Å². The van der Waals surface area contributed by atoms with E-state index in [1.54, 1.807) is 18.9 Å². The molecule has 31 heavy (non-hydrogen) atoms. The van der Waals surface area contributed by atoms with Crippen molar-refractivity contribution in [2.45, 2.75) is 44.1 Å². The quantitative estimate of drug-likeness (QED) is 0.630. The summed E-state index contributed by atoms with van der Waals surface area (Å²) in [5.74, 6) is -0.246. The Balaban J connectivity index is 1.78. The van der Waals surface area contributed by atoms with Gasteiger partial charge in [-0.25, -0.2) is 4.79 Å². The van der Waals surface area contributed by atoms with Crippen LogP contribution in [-0.2, 0) is 19.0 Å². The van der Waals surface area contributed by atoms with Crippen molar-refractivity contribution < 1.29 is 23.8 Å². The van der Waals surface area contributed by atoms with Gasteiger partial charge in [0, 0.05) is 50.0 Å². The average molecular weight is 494 g/mol. The topological polar surface area (TPSA) is 89.5 Å². The minimum atomic E-state index is -0.878. The number of nitrogens with zero attached hydrogens (tertiary/aromatic N) is 2. The second-order valence-corrected chi connectivity index (χ2v) is 8.53. The van der Waals surface area contributed by atoms with E-state index in [2.05, 4.69) is 26.2 Å². The van der Waals surface area contributed by atoms with Gasteiger partial charge in [0.25, 0.3) is 0 Å². The fraction of sp³-hybridized carbons (Fsp3) is 0.500. The van der Waals surface area contributed by atoms with Gasteiger partial charge in [0.05, 0.1) is 25.4 Å². The number of rotatable bonds is 7. The predicted octanol–water partition coefficient (Wildman–Crippen LogP) is 3.01. The van der Waals surface area contributed by atoms with E-state index < -0.39 is 18.2 Å². The number of likely N-dealkylation sites (tertiary alicyclic amines) is 1. The summed E-state index contributed by atoms with van der Waals surface area (Å²) >= 11 is 3.46. The molecule has 0 bridgehead atoms. The molecule has 1 fully saturated rings. The maximum absolute atomic E-state index is 13.5. The van der Waals surface area contributed by atoms with Crippen molar-refractivity contribution >= 4 is 39.2 Å². The molecule has 0 aliphatic carbocycles. The SMILES string of the molecule is COC(=O)N[C@H](C(=O)N1C[C@@H](OC)C[C@H]1C1=NC=C(c2ccc(Br)cc2)C1)[C@@H](C)OC. The maximum Gasteiger partial charge on any atom is 0.407 e. The van der Waals surface area contributed by atoms with E-state index in [1.807, 2.05) is 30.5 Å². The number of halogens is 1. The van der Waals surface area contributed by atoms with E-state index in [1.165, 1.54) is 14.2 Å². The Morgan fingerprint density at radius 3 is 2.55 bits per heavy atom. The summed E-state index contributed by atoms with van der Waals surface area (Å²) in [5, 5.41) is 2.60. The third-order valence-electron chi connectivity index (χ3n) is 5.80. The van der Waals surface area contributed by atoms with Gasteiger partial charge in [-0.1, -0.05) is 28.1 Å². The molecule has 168 valence electrons. The molecule has 0 saturated carbocycles. The third-order valence-corrected chi connectivity index (χ3v) is 6.33. The zero-order chi connectivity index (χ0) is 22.5. The lowest BCUT2D eigenvalue weighted by Crippen LogP contribution is -2.56. The van der Waals surface area contributed by atoms with Gasteiger partial charge in [-0.05, 0) is 30.2 Å². The molecule has 0 radical (unpaired) electrons. The number of methoxy groups -OCH3 is 3. The number of amides is 2. The molecule has 9 heteroatoms. The van der Waals surface area contributed by atoms with Crippen LogP contribution in [0.3, 0.4) is 0 Å². The van der Waals surface area contributed by atoms with E-state index in [9.17, 15) is 9.59 Å². The van der Waals surface area contributed by atoms with E-state index >= 15 is 0 Å². The van der Waals surface area contributed by atoms with Crippen molar-refractivity contribution in [2.75, 3.05) is 27.9 Å². The first-order chi connectivity index (χ1) is 14.9. The van der Waals surface area contributed by atoms with Gasteiger partial charge in [0.2, 0.25) is 5.91 Å². The zero-order valence-corrected chi connectivity index (χ0v) is 19.7. The maximum atomic E-state index is 13.5. The lowest BCUT2D eigenvalue weighted by atomic mass is 9.98. The van der Waals surface area contributed by atoms with Crippen LogP contribution in [0.4, 0.5) is 4.79 Å². The van der Waals surface area contributed by atoms with Crippen LogP contribution in [0.15, 0.2) is 39.9 Å². The summed E-state index contributed by atoms with van der Waals surface area (Å²) in [5.41, 5.74) is 3.11. The Kier molecular flexibility index (Phi) is 7.85. The van der Waals surface area contributed by atoms with Crippen LogP contribution in [0.1, 0.15) is 25.3 Å². The fourth-order valence-electron chi connectivity index (χ4n) is 3.90. The number of carbonyl (C=O) groups excluding carboxylic acids is 2. The Bertz CT molecular complexity index is 870. The largest absolute Gasteiger partial charge is 0.453 e. The minimum absolute atomic E-state index is 0.106. The molecule has 4 atom stereocenters. The summed E-state index contributed by atoms with van der Waals surface area (Å²) in [6.07, 6.45) is 1.85. The van der Waals surface area contributed by atoms with Crippen molar-refractivity contribution in [3.63, 3.8) is 0 Å². The number of benzene rings is 1. The molecule has 0 spiro atoms. The Morgan fingerprint density at radius 2 is 1.94 bits per heavy atom. The Morgan fingerprint density at radius 1 is 1.23 bits per heavy atom. The molecule has 1 saturated heterocycles. The van der Waals surface area contributed by atoms with E-state index in [0.717, 1.165) is 21.3 Å². The number of hydrogen-bond acceptors (Lipinski definition) is 6. The minimum Gasteiger partial charge on any atom is -0.453 e. The lowest BCUT2D eigenvalue weighted by molar-refractivity contribution is -0.136. The van der Waals surface area contributed by atoms with Crippen molar-refractivity contribution in [3.8, 4) is 0 Å². The van der Waals surface area contributed by atoms with Crippen LogP contribution in [0.25, 0.3) is 5.57 Å². The van der Waals surface area contributed by atoms with Gasteiger partial charge in [0.1, 0.15) is 6.04 Å². The second kappa shape index (κ2) is 10.4. The van der Waals surface area contributed by atoms with Crippen molar-refractivity contribution in [1.29, 1.82) is 0 Å². The van der Waals surface area contributed by atoms with Crippen LogP contribution in [0, 0.1) is 0 Å². The summed E-state index contributed by atoms with van der Waals surface area (Å²) in [6, 6.07) is 6.98. The van der Waals surface area contributed by atoms with E-state index in [4.69, 9.17) is 14.2 Å². The molecule has 8 nitrogen and oxygen atoms in total. The van der Waals surface area contributed by atoms with Gasteiger partial charge in [-0.2, -0.15) is 0 Å². The van der Waals surface area contributed by atoms with Gasteiger partial charge in [-0.15, -0.1) is 0 Å². The molecule has 2 amide bonds. The zero-order valence-electron chi connectivity index (χ0n) is 18.1. The van der Waals surface area contributed by atoms with Gasteiger partial charge in [0.15, 0.2) is 0 Å². The number of aliphatic imine (C=N–C) groups is 1. The van der Waals surface area contributed by atoms with Gasteiger partial charge < -0.3 is 24.4 Å². The van der Waals surface area contributed by atoms with Gasteiger partial charge in [-0.3, -0.25) is 9.79 Å². The van der Waals surface area contributed by atoms with E-state index in [-0.39, 0.29) is 18.1 Å². The first-order valence-electron chi connectivity index (χ1n) is 10.1. The molecule has 2 heterocycles. The van der Waals surface area contributed by atoms with Crippen molar-refractivity contribution in [2.24, 2.45) is 4.99 Å². The number of alkyl carbamates (subject to hydrolysis) is 1. The van der Waals surface area contributed by atoms with E-state index in [0.29, 0.717) is 19.4 Å². The van der Waals surface area contributed by atoms with Crippen LogP contribution < -0.4 is 5.32 Å². The first kappa shape index (κ1) is 23.4. The third kappa shape index (κ3) is 5.34. The highest BCUT2D eigenvalue weighted by molar-refractivity contribution is 9.10. The number of allylic oxidation sites excluding steroid dienone is 1. The second-order valence-electron chi connectivity index (χ2n) is 7.61. The van der Waals surface area contributed by atoms with Crippen molar-refractivity contribution in [1.82, 2.24) is 10.2 Å². The molecule has 1 N–H and O–H groups in total. The van der Waals surface area contributed by atoms with Gasteiger partial charge >= 0.3 is 6.09 Å². The monoisotopic (exact) mass is 493 g/mol. The first-order valence-corrected chi connectivity index (χ1v) is 10.9. The molecule has 3 rings (SSSR count). The Labute approximate surface area is 190 Å². The standard InChI is InChI=1S/C22H28BrN3O5/c1-13(29-2)20(25-22(28)31-4)21(27)26-12-17(30-3)10-19(26)18-9-15(11-24-18)14-5-7-16(23)8-6-14/h5-8,11,13,17,19-20H,9-10,12H2,1-4H3,(H,25,28)/t13-,17+,19+,20+/m1/s1. The predicted molar refractivity (Wildman–Crippen MR) is 121 cm³/mol. The average Bonchev–Trinajstić information content (AvgIpc) is 3.44. The molecular weight excluding hydrogens is 466 g/mol. The highest BCUT2D eigenvalue weighted by atomic mass is 79.9. The summed E-state index contributed by atoms with van der Waals surface area (Å²) in [4.78, 5) is 31.7. The summed E-state index contributed by atoms with van der Waals surface area (Å²) < 4.78 is 16.6. The molecule has 2 aliphatic rings. The highest BCUT2D eigenvalue weighted by Crippen LogP contribution is 2.31. The number of carbonyl (C=O) groups is 2. The highest BCUT2D eigenvalue weighted by Gasteiger charge is 2.43. The Hall–Kier alpha value is -2.23. The normalized spacial score (nSPS) is 22.5. The number of nitrogens with one attached hydrogen (secondary N) is 1. The van der Waals surface area contributed by atoms with Crippen LogP contribution in [0.5, 0.6) is 0 Å². The van der Waals surface area contributed by atoms with Crippen LogP contribution in [0.2, 0.25) is 0 Å². The van der Waals surface area contributed by atoms with Crippen LogP contribution >= 0.6 is 15.9 Å². The fourth-order valence-corrected chi connectivity index (χ4v) is 4.16. The molecule has 2 aliphatic heterocycles. The molecule has 0 unspecified atom stereocenters. The molecular formula is C22H28BrN3O5. The van der Waals surface area contributed by atoms with Crippen molar-refractivity contribution in [3.05, 3.63) is 40.5 Å². The molecule has 1 aromatic carbocycles. The lowest BCUT2D eigenvalue weighted by Gasteiger charge is -2.31. The smallest absolute Gasteiger partial charge is 0.407 e. The number of hydrogen-bond donors (Lipinski definition) is 1. The summed E-state index contributed by atoms with van der Waals surface area (Å²) in [6.45, 7) is 2.15. The summed E-state index contributed by atoms with van der Waals surface area (Å²) in [7, 11) is 4.40.